The molecule has 1 aromatic carbocycles. The van der Waals surface area contributed by atoms with Crippen molar-refractivity contribution in [1.82, 2.24) is 5.32 Å². The molecule has 3 heterocycles. The van der Waals surface area contributed by atoms with Crippen LogP contribution in [0.2, 0.25) is 4.34 Å². The Morgan fingerprint density at radius 1 is 1.24 bits per heavy atom. The number of hydrogen-bond acceptors (Lipinski definition) is 7. The predicted molar refractivity (Wildman–Crippen MR) is 110 cm³/mol. The largest absolute Gasteiger partial charge is 0.442 e. The van der Waals surface area contributed by atoms with Gasteiger partial charge in [-0.1, -0.05) is 11.6 Å². The molecule has 2 saturated heterocycles. The highest BCUT2D eigenvalue weighted by Crippen LogP contribution is 2.26. The van der Waals surface area contributed by atoms with Crippen molar-refractivity contribution in [1.29, 1.82) is 0 Å². The summed E-state index contributed by atoms with van der Waals surface area (Å²) in [5, 5.41) is 12.8. The summed E-state index contributed by atoms with van der Waals surface area (Å²) in [4.78, 5) is 28.3. The fraction of sp³-hybridized carbons (Fsp3) is 0.368. The normalized spacial score (nSPS) is 21.9. The molecule has 0 saturated carbocycles. The lowest BCUT2D eigenvalue weighted by molar-refractivity contribution is 0.00633. The Morgan fingerprint density at radius 2 is 2.00 bits per heavy atom. The lowest BCUT2D eigenvalue weighted by atomic mass is 10.2. The molecular weight excluding hydrogens is 418 g/mol. The van der Waals surface area contributed by atoms with Gasteiger partial charge >= 0.3 is 6.09 Å². The van der Waals surface area contributed by atoms with Gasteiger partial charge in [-0.2, -0.15) is 0 Å². The Balaban J connectivity index is 1.34. The molecule has 1 unspecified atom stereocenters. The number of morpholine rings is 1. The Hall–Kier alpha value is -2.33. The third kappa shape index (κ3) is 4.48. The zero-order chi connectivity index (χ0) is 20.4. The molecule has 8 nitrogen and oxygen atoms in total. The van der Waals surface area contributed by atoms with Gasteiger partial charge in [0.1, 0.15) is 6.10 Å². The second kappa shape index (κ2) is 8.58. The number of thiophene rings is 1. The zero-order valence-corrected chi connectivity index (χ0v) is 17.0. The SMILES string of the molecule is O=C(NC[C@H]1CN(c2ccc(N3CCOCC3O)cc2)C(=O)O1)c1ccc(Cl)s1. The van der Waals surface area contributed by atoms with Gasteiger partial charge in [0.2, 0.25) is 0 Å². The number of amides is 2. The molecule has 0 radical (unpaired) electrons. The van der Waals surface area contributed by atoms with Crippen LogP contribution in [0.4, 0.5) is 16.2 Å². The number of hydrogen-bond donors (Lipinski definition) is 2. The minimum absolute atomic E-state index is 0.217. The van der Waals surface area contributed by atoms with Gasteiger partial charge in [0.25, 0.3) is 5.91 Å². The average molecular weight is 438 g/mol. The molecule has 154 valence electrons. The van der Waals surface area contributed by atoms with Gasteiger partial charge in [-0.25, -0.2) is 4.79 Å². The average Bonchev–Trinajstić information content (AvgIpc) is 3.32. The number of aliphatic hydroxyl groups excluding tert-OH is 1. The van der Waals surface area contributed by atoms with E-state index in [2.05, 4.69) is 5.32 Å². The number of benzene rings is 1. The van der Waals surface area contributed by atoms with Crippen molar-refractivity contribution in [3.8, 4) is 0 Å². The molecule has 0 aliphatic carbocycles. The third-order valence-electron chi connectivity index (χ3n) is 4.76. The summed E-state index contributed by atoms with van der Waals surface area (Å²) in [5.74, 6) is -0.246. The van der Waals surface area contributed by atoms with Crippen molar-refractivity contribution >= 4 is 46.3 Å². The zero-order valence-electron chi connectivity index (χ0n) is 15.4. The van der Waals surface area contributed by atoms with Crippen LogP contribution in [0.1, 0.15) is 9.67 Å². The Kier molecular flexibility index (Phi) is 5.91. The minimum Gasteiger partial charge on any atom is -0.442 e. The lowest BCUT2D eigenvalue weighted by Crippen LogP contribution is -2.45. The quantitative estimate of drug-likeness (QED) is 0.746. The summed E-state index contributed by atoms with van der Waals surface area (Å²) in [7, 11) is 0. The highest BCUT2D eigenvalue weighted by atomic mass is 35.5. The van der Waals surface area contributed by atoms with Crippen LogP contribution in [0, 0.1) is 0 Å². The molecular formula is C19H20ClN3O5S. The maximum absolute atomic E-state index is 12.3. The molecule has 0 bridgehead atoms. The summed E-state index contributed by atoms with van der Waals surface area (Å²) in [6.07, 6.45) is -1.58. The highest BCUT2D eigenvalue weighted by Gasteiger charge is 2.33. The van der Waals surface area contributed by atoms with Crippen LogP contribution in [0.25, 0.3) is 0 Å². The number of nitrogens with zero attached hydrogens (tertiary/aromatic N) is 2. The van der Waals surface area contributed by atoms with Crippen molar-refractivity contribution in [3.63, 3.8) is 0 Å². The molecule has 2 aliphatic rings. The van der Waals surface area contributed by atoms with Crippen LogP contribution in [-0.2, 0) is 9.47 Å². The number of anilines is 2. The Bertz CT molecular complexity index is 890. The number of carbonyl (C=O) groups excluding carboxylic acids is 2. The van der Waals surface area contributed by atoms with E-state index in [0.717, 1.165) is 5.69 Å². The van der Waals surface area contributed by atoms with Gasteiger partial charge < -0.3 is 24.8 Å². The fourth-order valence-corrected chi connectivity index (χ4v) is 4.24. The molecule has 2 aromatic rings. The van der Waals surface area contributed by atoms with E-state index in [1.54, 1.807) is 12.1 Å². The number of nitrogens with one attached hydrogen (secondary N) is 1. The number of aliphatic hydroxyl groups is 1. The number of cyclic esters (lactones) is 1. The first-order chi connectivity index (χ1) is 14.0. The molecule has 2 atom stereocenters. The first kappa shape index (κ1) is 20.0. The van der Waals surface area contributed by atoms with Crippen molar-refractivity contribution in [3.05, 3.63) is 45.6 Å². The Morgan fingerprint density at radius 3 is 2.69 bits per heavy atom. The van der Waals surface area contributed by atoms with Crippen LogP contribution in [0.3, 0.4) is 0 Å². The van der Waals surface area contributed by atoms with Crippen molar-refractivity contribution < 1.29 is 24.2 Å². The van der Waals surface area contributed by atoms with Crippen LogP contribution in [0.15, 0.2) is 36.4 Å². The molecule has 2 amide bonds. The fourth-order valence-electron chi connectivity index (χ4n) is 3.28. The standard InChI is InChI=1S/C19H20ClN3O5S/c20-16-6-5-15(29-16)18(25)21-9-14-10-23(19(26)28-14)13-3-1-12(2-4-13)22-7-8-27-11-17(22)24/h1-6,14,17,24H,7-11H2,(H,21,25)/t14-,17?/m0/s1. The topological polar surface area (TPSA) is 91.3 Å². The highest BCUT2D eigenvalue weighted by molar-refractivity contribution is 7.17. The number of carbonyl (C=O) groups is 2. The van der Waals surface area contributed by atoms with Gasteiger partial charge in [0, 0.05) is 17.9 Å². The van der Waals surface area contributed by atoms with E-state index < -0.39 is 18.4 Å². The second-order valence-electron chi connectivity index (χ2n) is 6.70. The summed E-state index contributed by atoms with van der Waals surface area (Å²) in [5.41, 5.74) is 1.55. The van der Waals surface area contributed by atoms with E-state index >= 15 is 0 Å². The minimum atomic E-state index is -0.683. The van der Waals surface area contributed by atoms with Crippen LogP contribution >= 0.6 is 22.9 Å². The van der Waals surface area contributed by atoms with Crippen LogP contribution in [-0.4, -0.2) is 62.3 Å². The van der Waals surface area contributed by atoms with Crippen LogP contribution in [0.5, 0.6) is 0 Å². The molecule has 10 heteroatoms. The predicted octanol–water partition coefficient (Wildman–Crippen LogP) is 2.31. The van der Waals surface area contributed by atoms with Gasteiger partial charge in [-0.15, -0.1) is 11.3 Å². The van der Waals surface area contributed by atoms with Gasteiger partial charge in [-0.3, -0.25) is 9.69 Å². The van der Waals surface area contributed by atoms with Crippen LogP contribution < -0.4 is 15.1 Å². The summed E-state index contributed by atoms with van der Waals surface area (Å²) in [6, 6.07) is 10.7. The van der Waals surface area contributed by atoms with Crippen molar-refractivity contribution in [2.24, 2.45) is 0 Å². The molecule has 29 heavy (non-hydrogen) atoms. The second-order valence-corrected chi connectivity index (χ2v) is 8.41. The van der Waals surface area contributed by atoms with Crippen molar-refractivity contribution in [2.45, 2.75) is 12.3 Å². The van der Waals surface area contributed by atoms with Gasteiger partial charge in [-0.05, 0) is 36.4 Å². The van der Waals surface area contributed by atoms with E-state index in [9.17, 15) is 14.7 Å². The van der Waals surface area contributed by atoms with E-state index in [1.165, 1.54) is 16.2 Å². The Labute approximate surface area is 176 Å². The molecule has 2 N–H and O–H groups in total. The van der Waals surface area contributed by atoms with Crippen molar-refractivity contribution in [2.75, 3.05) is 42.6 Å². The van der Waals surface area contributed by atoms with E-state index in [4.69, 9.17) is 21.1 Å². The molecule has 2 fully saturated rings. The first-order valence-electron chi connectivity index (χ1n) is 9.15. The molecule has 2 aliphatic heterocycles. The number of rotatable bonds is 5. The summed E-state index contributed by atoms with van der Waals surface area (Å²) in [6.45, 7) is 1.98. The van der Waals surface area contributed by atoms with Gasteiger partial charge in [0.15, 0.2) is 6.23 Å². The van der Waals surface area contributed by atoms with E-state index in [-0.39, 0.29) is 19.1 Å². The smallest absolute Gasteiger partial charge is 0.414 e. The lowest BCUT2D eigenvalue weighted by Gasteiger charge is -2.34. The van der Waals surface area contributed by atoms with E-state index in [0.29, 0.717) is 34.6 Å². The first-order valence-corrected chi connectivity index (χ1v) is 10.3. The third-order valence-corrected chi connectivity index (χ3v) is 5.99. The monoisotopic (exact) mass is 437 g/mol. The van der Waals surface area contributed by atoms with E-state index in [1.807, 2.05) is 29.2 Å². The maximum atomic E-state index is 12.3. The van der Waals surface area contributed by atoms with Gasteiger partial charge in [0.05, 0.1) is 35.5 Å². The summed E-state index contributed by atoms with van der Waals surface area (Å²) < 4.78 is 11.1. The summed E-state index contributed by atoms with van der Waals surface area (Å²) >= 11 is 7.04. The molecule has 1 aromatic heterocycles. The maximum Gasteiger partial charge on any atom is 0.414 e. The number of ether oxygens (including phenoxy) is 2. The molecule has 0 spiro atoms. The molecule has 4 rings (SSSR count). The number of halogens is 1.